The van der Waals surface area contributed by atoms with Gasteiger partial charge in [-0.05, 0) is 23.9 Å². The Morgan fingerprint density at radius 3 is 2.89 bits per heavy atom. The lowest BCUT2D eigenvalue weighted by Crippen LogP contribution is -2.31. The maximum absolute atomic E-state index is 11.6. The molecule has 0 aromatic carbocycles. The fourth-order valence-corrected chi connectivity index (χ4v) is 2.32. The molecular weight excluding hydrogens is 256 g/mol. The molecule has 0 saturated carbocycles. The third kappa shape index (κ3) is 2.25. The van der Waals surface area contributed by atoms with E-state index in [2.05, 4.69) is 4.98 Å². The monoisotopic (exact) mass is 266 g/mol. The van der Waals surface area contributed by atoms with Gasteiger partial charge in [-0.2, -0.15) is 0 Å². The molecular formula is C11H10N2O4S. The largest absolute Gasteiger partial charge is 0.477 e. The van der Waals surface area contributed by atoms with Gasteiger partial charge in [-0.25, -0.2) is 9.59 Å². The van der Waals surface area contributed by atoms with Crippen LogP contribution in [0.4, 0.5) is 0 Å². The van der Waals surface area contributed by atoms with Crippen molar-refractivity contribution in [2.75, 3.05) is 0 Å². The average Bonchev–Trinajstić information content (AvgIpc) is 2.74. The highest BCUT2D eigenvalue weighted by Crippen LogP contribution is 2.17. The van der Waals surface area contributed by atoms with E-state index in [1.807, 2.05) is 0 Å². The first-order chi connectivity index (χ1) is 8.49. The number of carboxylic acids is 1. The molecule has 0 aliphatic heterocycles. The maximum atomic E-state index is 11.6. The zero-order valence-electron chi connectivity index (χ0n) is 9.47. The molecule has 2 heterocycles. The van der Waals surface area contributed by atoms with E-state index in [-0.39, 0.29) is 11.4 Å². The minimum Gasteiger partial charge on any atom is -0.477 e. The maximum Gasteiger partial charge on any atom is 0.346 e. The van der Waals surface area contributed by atoms with Gasteiger partial charge in [-0.15, -0.1) is 11.3 Å². The lowest BCUT2D eigenvalue weighted by molar-refractivity contribution is 0.0701. The van der Waals surface area contributed by atoms with E-state index in [4.69, 9.17) is 5.11 Å². The van der Waals surface area contributed by atoms with Crippen molar-refractivity contribution in [1.82, 2.24) is 9.55 Å². The number of aromatic amines is 1. The van der Waals surface area contributed by atoms with Crippen molar-refractivity contribution in [2.45, 2.75) is 13.5 Å². The number of carboxylic acid groups (broad SMARTS) is 1. The number of hydrogen-bond acceptors (Lipinski definition) is 4. The zero-order valence-corrected chi connectivity index (χ0v) is 10.3. The number of H-pyrrole nitrogens is 1. The minimum atomic E-state index is -1.02. The Hall–Kier alpha value is -2.15. The van der Waals surface area contributed by atoms with Gasteiger partial charge in [0.1, 0.15) is 4.88 Å². The van der Waals surface area contributed by atoms with Crippen LogP contribution in [0.2, 0.25) is 0 Å². The van der Waals surface area contributed by atoms with Gasteiger partial charge in [0.05, 0.1) is 6.54 Å². The summed E-state index contributed by atoms with van der Waals surface area (Å²) < 4.78 is 1.28. The second-order valence-electron chi connectivity index (χ2n) is 3.78. The van der Waals surface area contributed by atoms with Gasteiger partial charge >= 0.3 is 11.7 Å². The Morgan fingerprint density at radius 2 is 2.22 bits per heavy atom. The van der Waals surface area contributed by atoms with Crippen LogP contribution in [0.5, 0.6) is 0 Å². The molecule has 0 bridgehead atoms. The van der Waals surface area contributed by atoms with Crippen molar-refractivity contribution < 1.29 is 9.90 Å². The van der Waals surface area contributed by atoms with Crippen LogP contribution >= 0.6 is 11.3 Å². The molecule has 2 N–H and O–H groups in total. The number of aromatic carboxylic acids is 1. The highest BCUT2D eigenvalue weighted by atomic mass is 32.1. The smallest absolute Gasteiger partial charge is 0.346 e. The molecule has 6 nitrogen and oxygen atoms in total. The van der Waals surface area contributed by atoms with Gasteiger partial charge in [-0.1, -0.05) is 0 Å². The average molecular weight is 266 g/mol. The minimum absolute atomic E-state index is 0.127. The number of hydrogen-bond donors (Lipinski definition) is 2. The third-order valence-electron chi connectivity index (χ3n) is 2.47. The lowest BCUT2D eigenvalue weighted by Gasteiger charge is -2.05. The summed E-state index contributed by atoms with van der Waals surface area (Å²) in [6, 6.07) is 1.65. The molecule has 18 heavy (non-hydrogen) atoms. The summed E-state index contributed by atoms with van der Waals surface area (Å²) in [4.78, 5) is 36.1. The highest BCUT2D eigenvalue weighted by molar-refractivity contribution is 7.12. The topological polar surface area (TPSA) is 92.2 Å². The normalized spacial score (nSPS) is 10.5. The van der Waals surface area contributed by atoms with E-state index < -0.39 is 17.2 Å². The summed E-state index contributed by atoms with van der Waals surface area (Å²) in [5.74, 6) is -1.02. The van der Waals surface area contributed by atoms with Crippen molar-refractivity contribution in [3.05, 3.63) is 54.5 Å². The second kappa shape index (κ2) is 4.61. The summed E-state index contributed by atoms with van der Waals surface area (Å²) in [6.45, 7) is 1.71. The second-order valence-corrected chi connectivity index (χ2v) is 4.70. The molecule has 2 aromatic rings. The van der Waals surface area contributed by atoms with Crippen molar-refractivity contribution in [2.24, 2.45) is 0 Å². The van der Waals surface area contributed by atoms with Gasteiger partial charge in [0, 0.05) is 11.8 Å². The van der Waals surface area contributed by atoms with Crippen LogP contribution in [-0.4, -0.2) is 20.6 Å². The molecule has 0 aliphatic rings. The van der Waals surface area contributed by atoms with Crippen LogP contribution in [0, 0.1) is 6.92 Å². The van der Waals surface area contributed by atoms with Crippen LogP contribution in [0.1, 0.15) is 20.8 Å². The molecule has 0 radical (unpaired) electrons. The van der Waals surface area contributed by atoms with E-state index in [1.54, 1.807) is 18.4 Å². The first-order valence-electron chi connectivity index (χ1n) is 5.09. The van der Waals surface area contributed by atoms with E-state index in [9.17, 15) is 14.4 Å². The molecule has 0 fully saturated rings. The first kappa shape index (κ1) is 12.3. The van der Waals surface area contributed by atoms with E-state index in [0.717, 1.165) is 11.3 Å². The standard InChI is InChI=1S/C11H10N2O4S/c1-6-4-13(11(17)12-9(6)14)5-7-2-3-18-8(7)10(15)16/h2-4H,5H2,1H3,(H,15,16)(H,12,14,17). The lowest BCUT2D eigenvalue weighted by atomic mass is 10.2. The number of aryl methyl sites for hydroxylation is 1. The van der Waals surface area contributed by atoms with Gasteiger partial charge in [0.15, 0.2) is 0 Å². The van der Waals surface area contributed by atoms with E-state index in [0.29, 0.717) is 11.1 Å². The first-order valence-corrected chi connectivity index (χ1v) is 5.97. The summed E-state index contributed by atoms with van der Waals surface area (Å²) in [5.41, 5.74) is -0.0316. The Bertz CT molecular complexity index is 710. The van der Waals surface area contributed by atoms with Crippen LogP contribution < -0.4 is 11.2 Å². The van der Waals surface area contributed by atoms with Crippen LogP contribution in [0.25, 0.3) is 0 Å². The summed E-state index contributed by atoms with van der Waals surface area (Å²) in [5, 5.41) is 10.6. The number of nitrogens with zero attached hydrogens (tertiary/aromatic N) is 1. The number of aromatic nitrogens is 2. The Kier molecular flexibility index (Phi) is 3.15. The predicted octanol–water partition coefficient (Wildman–Crippen LogP) is 0.653. The highest BCUT2D eigenvalue weighted by Gasteiger charge is 2.12. The molecule has 0 saturated heterocycles. The Labute approximate surface area is 105 Å². The van der Waals surface area contributed by atoms with E-state index in [1.165, 1.54) is 10.8 Å². The van der Waals surface area contributed by atoms with Crippen molar-refractivity contribution >= 4 is 17.3 Å². The van der Waals surface area contributed by atoms with Crippen LogP contribution in [0.15, 0.2) is 27.2 Å². The van der Waals surface area contributed by atoms with Crippen LogP contribution in [-0.2, 0) is 6.54 Å². The summed E-state index contributed by atoms with van der Waals surface area (Å²) in [6.07, 6.45) is 1.42. The predicted molar refractivity (Wildman–Crippen MR) is 66.4 cm³/mol. The quantitative estimate of drug-likeness (QED) is 0.853. The molecule has 0 unspecified atom stereocenters. The SMILES string of the molecule is Cc1cn(Cc2ccsc2C(=O)O)c(=O)[nH]c1=O. The number of rotatable bonds is 3. The van der Waals surface area contributed by atoms with Crippen molar-refractivity contribution in [3.8, 4) is 0 Å². The third-order valence-corrected chi connectivity index (χ3v) is 3.42. The van der Waals surface area contributed by atoms with Gasteiger partial charge in [0.2, 0.25) is 0 Å². The molecule has 0 spiro atoms. The Morgan fingerprint density at radius 1 is 1.50 bits per heavy atom. The van der Waals surface area contributed by atoms with Crippen molar-refractivity contribution in [1.29, 1.82) is 0 Å². The summed E-state index contributed by atoms with van der Waals surface area (Å²) in [7, 11) is 0. The molecule has 2 rings (SSSR count). The van der Waals surface area contributed by atoms with Crippen molar-refractivity contribution in [3.63, 3.8) is 0 Å². The van der Waals surface area contributed by atoms with Crippen LogP contribution in [0.3, 0.4) is 0 Å². The summed E-state index contributed by atoms with van der Waals surface area (Å²) >= 11 is 1.10. The molecule has 0 atom stereocenters. The van der Waals surface area contributed by atoms with Gasteiger partial charge < -0.3 is 5.11 Å². The zero-order chi connectivity index (χ0) is 13.3. The number of thiophene rings is 1. The molecule has 94 valence electrons. The van der Waals surface area contributed by atoms with Gasteiger partial charge in [0.25, 0.3) is 5.56 Å². The van der Waals surface area contributed by atoms with E-state index >= 15 is 0 Å². The fraction of sp³-hybridized carbons (Fsp3) is 0.182. The van der Waals surface area contributed by atoms with Gasteiger partial charge in [-0.3, -0.25) is 14.3 Å². The molecule has 7 heteroatoms. The number of nitrogens with one attached hydrogen (secondary N) is 1. The Balaban J connectivity index is 2.43. The number of carbonyl (C=O) groups is 1. The molecule has 2 aromatic heterocycles. The molecule has 0 amide bonds. The molecule has 0 aliphatic carbocycles. The fourth-order valence-electron chi connectivity index (χ4n) is 1.57.